The highest BCUT2D eigenvalue weighted by Gasteiger charge is 2.17. The molecule has 1 aromatic rings. The highest BCUT2D eigenvalue weighted by Crippen LogP contribution is 2.17. The Kier molecular flexibility index (Phi) is 13.8. The highest BCUT2D eigenvalue weighted by molar-refractivity contribution is 14.0. The van der Waals surface area contributed by atoms with Crippen LogP contribution in [-0.2, 0) is 0 Å². The summed E-state index contributed by atoms with van der Waals surface area (Å²) in [6.45, 7) is 10.8. The lowest BCUT2D eigenvalue weighted by molar-refractivity contribution is 0.258. The van der Waals surface area contributed by atoms with Gasteiger partial charge >= 0.3 is 0 Å². The SMILES string of the molecule is CCN(CC)CCCC(C)NC(=NC)NCC(c1ccco1)N(C)C.I. The summed E-state index contributed by atoms with van der Waals surface area (Å²) in [5.41, 5.74) is 0. The zero-order valence-electron chi connectivity index (χ0n) is 17.3. The van der Waals surface area contributed by atoms with Crippen molar-refractivity contribution in [3.05, 3.63) is 24.2 Å². The summed E-state index contributed by atoms with van der Waals surface area (Å²) in [5, 5.41) is 6.91. The summed E-state index contributed by atoms with van der Waals surface area (Å²) in [5.74, 6) is 1.80. The number of nitrogens with one attached hydrogen (secondary N) is 2. The molecule has 0 bridgehead atoms. The largest absolute Gasteiger partial charge is 0.468 e. The van der Waals surface area contributed by atoms with Crippen LogP contribution in [-0.4, -0.2) is 69.1 Å². The molecule has 2 N–H and O–H groups in total. The van der Waals surface area contributed by atoms with Crippen LogP contribution in [0.4, 0.5) is 0 Å². The maximum atomic E-state index is 5.55. The zero-order valence-corrected chi connectivity index (χ0v) is 19.6. The summed E-state index contributed by atoms with van der Waals surface area (Å²) in [7, 11) is 5.93. The monoisotopic (exact) mass is 479 g/mol. The van der Waals surface area contributed by atoms with Crippen molar-refractivity contribution < 1.29 is 4.42 Å². The Morgan fingerprint density at radius 3 is 2.46 bits per heavy atom. The van der Waals surface area contributed by atoms with Crippen molar-refractivity contribution in [1.82, 2.24) is 20.4 Å². The van der Waals surface area contributed by atoms with E-state index in [1.807, 2.05) is 19.2 Å². The van der Waals surface area contributed by atoms with Crippen LogP contribution in [0.3, 0.4) is 0 Å². The number of likely N-dealkylation sites (N-methyl/N-ethyl adjacent to an activating group) is 1. The number of rotatable bonds is 11. The molecule has 1 aromatic heterocycles. The molecule has 0 radical (unpaired) electrons. The van der Waals surface area contributed by atoms with Crippen LogP contribution in [0.15, 0.2) is 27.8 Å². The first-order chi connectivity index (χ1) is 12.0. The van der Waals surface area contributed by atoms with Crippen LogP contribution in [0.5, 0.6) is 0 Å². The predicted octanol–water partition coefficient (Wildman–Crippen LogP) is 3.18. The van der Waals surface area contributed by atoms with Crippen LogP contribution in [0, 0.1) is 0 Å². The van der Waals surface area contributed by atoms with Gasteiger partial charge in [0, 0.05) is 19.6 Å². The first-order valence-electron chi connectivity index (χ1n) is 9.41. The molecule has 26 heavy (non-hydrogen) atoms. The van der Waals surface area contributed by atoms with Gasteiger partial charge in [-0.3, -0.25) is 9.89 Å². The smallest absolute Gasteiger partial charge is 0.191 e. The predicted molar refractivity (Wildman–Crippen MR) is 122 cm³/mol. The molecular weight excluding hydrogens is 441 g/mol. The number of hydrogen-bond donors (Lipinski definition) is 2. The number of furan rings is 1. The lowest BCUT2D eigenvalue weighted by Crippen LogP contribution is -2.45. The molecule has 1 rings (SSSR count). The molecule has 6 nitrogen and oxygen atoms in total. The number of hydrogen-bond acceptors (Lipinski definition) is 4. The third kappa shape index (κ3) is 9.23. The third-order valence-electron chi connectivity index (χ3n) is 4.57. The number of nitrogens with zero attached hydrogens (tertiary/aromatic N) is 3. The van der Waals surface area contributed by atoms with Crippen LogP contribution in [0.25, 0.3) is 0 Å². The number of guanidine groups is 1. The Morgan fingerprint density at radius 2 is 1.96 bits per heavy atom. The lowest BCUT2D eigenvalue weighted by Gasteiger charge is -2.25. The van der Waals surface area contributed by atoms with Crippen molar-refractivity contribution in [2.45, 2.75) is 45.7 Å². The van der Waals surface area contributed by atoms with Crippen LogP contribution in [0.1, 0.15) is 45.4 Å². The second-order valence-electron chi connectivity index (χ2n) is 6.66. The van der Waals surface area contributed by atoms with E-state index in [9.17, 15) is 0 Å². The maximum absolute atomic E-state index is 5.55. The Bertz CT molecular complexity index is 474. The van der Waals surface area contributed by atoms with Crippen molar-refractivity contribution in [3.63, 3.8) is 0 Å². The molecule has 0 amide bonds. The molecule has 0 aliphatic carbocycles. The molecule has 0 aromatic carbocycles. The Labute approximate surface area is 176 Å². The van der Waals surface area contributed by atoms with Gasteiger partial charge in [0.05, 0.1) is 12.3 Å². The van der Waals surface area contributed by atoms with Crippen molar-refractivity contribution in [1.29, 1.82) is 0 Å². The molecule has 7 heteroatoms. The normalized spacial score (nSPS) is 14.2. The van der Waals surface area contributed by atoms with Crippen LogP contribution < -0.4 is 10.6 Å². The molecule has 0 aliphatic rings. The van der Waals surface area contributed by atoms with E-state index in [1.54, 1.807) is 6.26 Å². The van der Waals surface area contributed by atoms with Crippen molar-refractivity contribution >= 4 is 29.9 Å². The van der Waals surface area contributed by atoms with E-state index in [1.165, 1.54) is 6.42 Å². The van der Waals surface area contributed by atoms with Gasteiger partial charge in [-0.15, -0.1) is 24.0 Å². The van der Waals surface area contributed by atoms with Gasteiger partial charge < -0.3 is 20.0 Å². The molecule has 0 spiro atoms. The van der Waals surface area contributed by atoms with Crippen molar-refractivity contribution in [3.8, 4) is 0 Å². The van der Waals surface area contributed by atoms with Gasteiger partial charge in [0.15, 0.2) is 5.96 Å². The zero-order chi connectivity index (χ0) is 18.7. The molecule has 0 aliphatic heterocycles. The summed E-state index contributed by atoms with van der Waals surface area (Å²) in [6.07, 6.45) is 4.04. The molecular formula is C19H38IN5O. The van der Waals surface area contributed by atoms with E-state index < -0.39 is 0 Å². The molecule has 0 saturated heterocycles. The average molecular weight is 479 g/mol. The molecule has 2 atom stereocenters. The lowest BCUT2D eigenvalue weighted by atomic mass is 10.1. The number of halogens is 1. The average Bonchev–Trinajstić information content (AvgIpc) is 3.11. The number of aliphatic imine (C=N–C) groups is 1. The minimum absolute atomic E-state index is 0. The molecule has 0 fully saturated rings. The summed E-state index contributed by atoms with van der Waals surface area (Å²) >= 11 is 0. The fourth-order valence-electron chi connectivity index (χ4n) is 2.87. The highest BCUT2D eigenvalue weighted by atomic mass is 127. The van der Waals surface area contributed by atoms with E-state index >= 15 is 0 Å². The Hall–Kier alpha value is -0.800. The fourth-order valence-corrected chi connectivity index (χ4v) is 2.87. The van der Waals surface area contributed by atoms with E-state index in [2.05, 4.69) is 60.3 Å². The third-order valence-corrected chi connectivity index (χ3v) is 4.57. The maximum Gasteiger partial charge on any atom is 0.191 e. The molecule has 2 unspecified atom stereocenters. The van der Waals surface area contributed by atoms with Gasteiger partial charge in [-0.05, 0) is 65.6 Å². The quantitative estimate of drug-likeness (QED) is 0.290. The standard InChI is InChI=1S/C19H37N5O.HI/c1-7-24(8-2)13-9-11-16(3)22-19(20-4)21-15-17(23(5)6)18-12-10-14-25-18;/h10,12,14,16-17H,7-9,11,13,15H2,1-6H3,(H2,20,21,22);1H. The summed E-state index contributed by atoms with van der Waals surface area (Å²) in [4.78, 5) is 8.96. The first kappa shape index (κ1) is 25.2. The summed E-state index contributed by atoms with van der Waals surface area (Å²) < 4.78 is 5.55. The Balaban J connectivity index is 0.00000625. The van der Waals surface area contributed by atoms with Gasteiger partial charge in [-0.1, -0.05) is 13.8 Å². The van der Waals surface area contributed by atoms with Gasteiger partial charge in [0.1, 0.15) is 5.76 Å². The first-order valence-corrected chi connectivity index (χ1v) is 9.41. The Morgan fingerprint density at radius 1 is 1.27 bits per heavy atom. The van der Waals surface area contributed by atoms with Crippen molar-refractivity contribution in [2.75, 3.05) is 47.3 Å². The van der Waals surface area contributed by atoms with E-state index in [0.29, 0.717) is 6.04 Å². The van der Waals surface area contributed by atoms with Crippen molar-refractivity contribution in [2.24, 2.45) is 4.99 Å². The van der Waals surface area contributed by atoms with Gasteiger partial charge in [-0.25, -0.2) is 0 Å². The molecule has 1 heterocycles. The van der Waals surface area contributed by atoms with Gasteiger partial charge in [0.2, 0.25) is 0 Å². The van der Waals surface area contributed by atoms with E-state index in [0.717, 1.165) is 44.3 Å². The minimum Gasteiger partial charge on any atom is -0.468 e. The summed E-state index contributed by atoms with van der Waals surface area (Å²) in [6, 6.07) is 4.50. The fraction of sp³-hybridized carbons (Fsp3) is 0.737. The van der Waals surface area contributed by atoms with E-state index in [-0.39, 0.29) is 30.0 Å². The second-order valence-corrected chi connectivity index (χ2v) is 6.66. The van der Waals surface area contributed by atoms with E-state index in [4.69, 9.17) is 4.42 Å². The van der Waals surface area contributed by atoms with Gasteiger partial charge in [0.25, 0.3) is 0 Å². The minimum atomic E-state index is 0. The molecule has 0 saturated carbocycles. The van der Waals surface area contributed by atoms with Crippen LogP contribution >= 0.6 is 24.0 Å². The topological polar surface area (TPSA) is 56.0 Å². The molecule has 152 valence electrons. The van der Waals surface area contributed by atoms with Gasteiger partial charge in [-0.2, -0.15) is 0 Å². The van der Waals surface area contributed by atoms with Crippen LogP contribution in [0.2, 0.25) is 0 Å². The second kappa shape index (κ2) is 14.3.